The molecule has 0 saturated heterocycles. The highest BCUT2D eigenvalue weighted by atomic mass is 16.5. The lowest BCUT2D eigenvalue weighted by molar-refractivity contribution is 0.324. The zero-order chi connectivity index (χ0) is 17.8. The highest BCUT2D eigenvalue weighted by Crippen LogP contribution is 2.40. The van der Waals surface area contributed by atoms with Crippen molar-refractivity contribution in [1.82, 2.24) is 9.97 Å². The third kappa shape index (κ3) is 3.42. The van der Waals surface area contributed by atoms with Crippen molar-refractivity contribution in [3.63, 3.8) is 0 Å². The minimum atomic E-state index is 0.558. The fourth-order valence-corrected chi connectivity index (χ4v) is 2.77. The van der Waals surface area contributed by atoms with Gasteiger partial charge in [0.25, 0.3) is 0 Å². The second-order valence-electron chi connectivity index (χ2n) is 5.50. The number of hydrogen-bond donors (Lipinski definition) is 1. The van der Waals surface area contributed by atoms with Crippen molar-refractivity contribution < 1.29 is 14.2 Å². The van der Waals surface area contributed by atoms with Crippen LogP contribution in [0.25, 0.3) is 10.9 Å². The molecule has 0 radical (unpaired) electrons. The zero-order valence-electron chi connectivity index (χ0n) is 14.8. The summed E-state index contributed by atoms with van der Waals surface area (Å²) in [6.07, 6.45) is 0. The minimum absolute atomic E-state index is 0.558. The SMILES string of the molecule is COc1cc(NCc2nc(C)nc3ccccc23)cc(OC)c1OC. The van der Waals surface area contributed by atoms with Crippen LogP contribution in [0.4, 0.5) is 5.69 Å². The Kier molecular flexibility index (Phi) is 4.88. The van der Waals surface area contributed by atoms with E-state index in [1.165, 1.54) is 0 Å². The average Bonchev–Trinajstić information content (AvgIpc) is 2.64. The third-order valence-corrected chi connectivity index (χ3v) is 3.92. The summed E-state index contributed by atoms with van der Waals surface area (Å²) in [5.74, 6) is 2.53. The van der Waals surface area contributed by atoms with Crippen LogP contribution in [0.2, 0.25) is 0 Å². The molecule has 0 aliphatic rings. The molecule has 3 rings (SSSR count). The number of nitrogens with zero attached hydrogens (tertiary/aromatic N) is 2. The van der Waals surface area contributed by atoms with E-state index in [1.54, 1.807) is 21.3 Å². The molecule has 130 valence electrons. The number of benzene rings is 2. The number of nitrogens with one attached hydrogen (secondary N) is 1. The monoisotopic (exact) mass is 339 g/mol. The Morgan fingerprint density at radius 3 is 2.24 bits per heavy atom. The molecule has 1 aromatic heterocycles. The molecule has 0 atom stereocenters. The van der Waals surface area contributed by atoms with E-state index in [-0.39, 0.29) is 0 Å². The van der Waals surface area contributed by atoms with Crippen molar-refractivity contribution in [3.05, 3.63) is 47.9 Å². The van der Waals surface area contributed by atoms with Crippen LogP contribution in [0.5, 0.6) is 17.2 Å². The van der Waals surface area contributed by atoms with Gasteiger partial charge in [-0.05, 0) is 13.0 Å². The molecule has 3 aromatic rings. The Bertz CT molecular complexity index is 871. The summed E-state index contributed by atoms with van der Waals surface area (Å²) < 4.78 is 16.1. The minimum Gasteiger partial charge on any atom is -0.493 e. The molecule has 0 spiro atoms. The Balaban J connectivity index is 1.92. The van der Waals surface area contributed by atoms with Crippen molar-refractivity contribution in [2.75, 3.05) is 26.6 Å². The van der Waals surface area contributed by atoms with Gasteiger partial charge in [0.15, 0.2) is 11.5 Å². The van der Waals surface area contributed by atoms with Crippen molar-refractivity contribution in [2.24, 2.45) is 0 Å². The fourth-order valence-electron chi connectivity index (χ4n) is 2.77. The summed E-state index contributed by atoms with van der Waals surface area (Å²) in [4.78, 5) is 9.05. The lowest BCUT2D eigenvalue weighted by atomic mass is 10.1. The van der Waals surface area contributed by atoms with E-state index < -0.39 is 0 Å². The van der Waals surface area contributed by atoms with Gasteiger partial charge >= 0.3 is 0 Å². The third-order valence-electron chi connectivity index (χ3n) is 3.92. The molecule has 6 heteroatoms. The Morgan fingerprint density at radius 2 is 1.60 bits per heavy atom. The second kappa shape index (κ2) is 7.25. The van der Waals surface area contributed by atoms with Crippen molar-refractivity contribution in [2.45, 2.75) is 13.5 Å². The Labute approximate surface area is 146 Å². The summed E-state index contributed by atoms with van der Waals surface area (Å²) in [5, 5.41) is 4.41. The van der Waals surface area contributed by atoms with Gasteiger partial charge in [0.1, 0.15) is 5.82 Å². The van der Waals surface area contributed by atoms with Gasteiger partial charge in [-0.1, -0.05) is 18.2 Å². The lowest BCUT2D eigenvalue weighted by Crippen LogP contribution is -2.06. The van der Waals surface area contributed by atoms with E-state index in [4.69, 9.17) is 14.2 Å². The van der Waals surface area contributed by atoms with E-state index >= 15 is 0 Å². The molecule has 1 N–H and O–H groups in total. The van der Waals surface area contributed by atoms with Crippen molar-refractivity contribution in [3.8, 4) is 17.2 Å². The average molecular weight is 339 g/mol. The van der Waals surface area contributed by atoms with Crippen molar-refractivity contribution >= 4 is 16.6 Å². The first-order valence-electron chi connectivity index (χ1n) is 7.92. The van der Waals surface area contributed by atoms with Crippen LogP contribution in [0, 0.1) is 6.92 Å². The lowest BCUT2D eigenvalue weighted by Gasteiger charge is -2.15. The molecule has 0 saturated carbocycles. The number of methoxy groups -OCH3 is 3. The molecule has 1 heterocycles. The van der Waals surface area contributed by atoms with Gasteiger partial charge in [-0.15, -0.1) is 0 Å². The number of aromatic nitrogens is 2. The molecule has 25 heavy (non-hydrogen) atoms. The van der Waals surface area contributed by atoms with E-state index in [9.17, 15) is 0 Å². The van der Waals surface area contributed by atoms with Crippen LogP contribution in [0.3, 0.4) is 0 Å². The summed E-state index contributed by atoms with van der Waals surface area (Å²) in [5.41, 5.74) is 2.74. The Morgan fingerprint density at radius 1 is 0.920 bits per heavy atom. The molecule has 0 fully saturated rings. The van der Waals surface area contributed by atoms with E-state index in [1.807, 2.05) is 43.3 Å². The molecule has 0 amide bonds. The first-order chi connectivity index (χ1) is 12.2. The predicted molar refractivity (Wildman–Crippen MR) is 97.7 cm³/mol. The summed E-state index contributed by atoms with van der Waals surface area (Å²) in [6.45, 7) is 2.46. The van der Waals surface area contributed by atoms with Gasteiger partial charge in [-0.3, -0.25) is 0 Å². The molecule has 0 aliphatic carbocycles. The van der Waals surface area contributed by atoms with E-state index in [0.717, 1.165) is 28.1 Å². The first-order valence-corrected chi connectivity index (χ1v) is 7.92. The van der Waals surface area contributed by atoms with Gasteiger partial charge in [-0.2, -0.15) is 0 Å². The second-order valence-corrected chi connectivity index (χ2v) is 5.50. The largest absolute Gasteiger partial charge is 0.493 e. The van der Waals surface area contributed by atoms with Crippen LogP contribution < -0.4 is 19.5 Å². The number of para-hydroxylation sites is 1. The molecular weight excluding hydrogens is 318 g/mol. The van der Waals surface area contributed by atoms with Crippen molar-refractivity contribution in [1.29, 1.82) is 0 Å². The van der Waals surface area contributed by atoms with Crippen LogP contribution in [-0.2, 0) is 6.54 Å². The molecule has 0 aliphatic heterocycles. The molecule has 6 nitrogen and oxygen atoms in total. The highest BCUT2D eigenvalue weighted by molar-refractivity contribution is 5.81. The predicted octanol–water partition coefficient (Wildman–Crippen LogP) is 3.58. The first kappa shape index (κ1) is 16.8. The summed E-state index contributed by atoms with van der Waals surface area (Å²) in [7, 11) is 4.79. The topological polar surface area (TPSA) is 65.5 Å². The van der Waals surface area contributed by atoms with Crippen LogP contribution in [0.1, 0.15) is 11.5 Å². The van der Waals surface area contributed by atoms with Gasteiger partial charge < -0.3 is 19.5 Å². The number of fused-ring (bicyclic) bond motifs is 1. The fraction of sp³-hybridized carbons (Fsp3) is 0.263. The Hall–Kier alpha value is -3.02. The highest BCUT2D eigenvalue weighted by Gasteiger charge is 2.13. The standard InChI is InChI=1S/C19H21N3O3/c1-12-21-15-8-6-5-7-14(15)16(22-12)11-20-13-9-17(23-2)19(25-4)18(10-13)24-3/h5-10,20H,11H2,1-4H3. The van der Waals surface area contributed by atoms with E-state index in [0.29, 0.717) is 23.8 Å². The molecular formula is C19H21N3O3. The molecule has 2 aromatic carbocycles. The quantitative estimate of drug-likeness (QED) is 0.740. The number of ether oxygens (including phenoxy) is 3. The molecule has 0 unspecified atom stereocenters. The number of hydrogen-bond acceptors (Lipinski definition) is 6. The maximum Gasteiger partial charge on any atom is 0.203 e. The normalized spacial score (nSPS) is 10.6. The van der Waals surface area contributed by atoms with Gasteiger partial charge in [0.2, 0.25) is 5.75 Å². The smallest absolute Gasteiger partial charge is 0.203 e. The van der Waals surface area contributed by atoms with Crippen LogP contribution in [0.15, 0.2) is 36.4 Å². The number of aryl methyl sites for hydroxylation is 1. The maximum atomic E-state index is 5.39. The summed E-state index contributed by atoms with van der Waals surface area (Å²) >= 11 is 0. The van der Waals surface area contributed by atoms with Crippen LogP contribution >= 0.6 is 0 Å². The summed E-state index contributed by atoms with van der Waals surface area (Å²) in [6, 6.07) is 11.7. The zero-order valence-corrected chi connectivity index (χ0v) is 14.8. The molecule has 0 bridgehead atoms. The van der Waals surface area contributed by atoms with Gasteiger partial charge in [-0.25, -0.2) is 9.97 Å². The number of anilines is 1. The van der Waals surface area contributed by atoms with E-state index in [2.05, 4.69) is 15.3 Å². The van der Waals surface area contributed by atoms with Gasteiger partial charge in [0, 0.05) is 23.2 Å². The van der Waals surface area contributed by atoms with Crippen LogP contribution in [-0.4, -0.2) is 31.3 Å². The maximum absolute atomic E-state index is 5.39. The number of rotatable bonds is 6. The van der Waals surface area contributed by atoms with Gasteiger partial charge in [0.05, 0.1) is 39.1 Å².